The van der Waals surface area contributed by atoms with E-state index in [1.54, 1.807) is 0 Å². The fraction of sp³-hybridized carbons (Fsp3) is 0.316. The van der Waals surface area contributed by atoms with Gasteiger partial charge >= 0.3 is 0 Å². The predicted molar refractivity (Wildman–Crippen MR) is 105 cm³/mol. The van der Waals surface area contributed by atoms with Gasteiger partial charge in [0.05, 0.1) is 33.9 Å². The summed E-state index contributed by atoms with van der Waals surface area (Å²) in [7, 11) is -4.29. The van der Waals surface area contributed by atoms with Crippen molar-refractivity contribution in [3.05, 3.63) is 53.1 Å². The maximum atomic E-state index is 13.7. The molecule has 30 heavy (non-hydrogen) atoms. The summed E-state index contributed by atoms with van der Waals surface area (Å²) in [4.78, 5) is 1.04. The van der Waals surface area contributed by atoms with Crippen LogP contribution in [0.2, 0.25) is 5.02 Å². The molecule has 0 amide bonds. The van der Waals surface area contributed by atoms with Gasteiger partial charge in [-0.3, -0.25) is 0 Å². The van der Waals surface area contributed by atoms with Crippen molar-refractivity contribution in [3.8, 4) is 0 Å². The fourth-order valence-corrected chi connectivity index (χ4v) is 4.93. The second kappa shape index (κ2) is 7.12. The van der Waals surface area contributed by atoms with Crippen LogP contribution in [0.5, 0.6) is 0 Å². The zero-order chi connectivity index (χ0) is 21.8. The van der Waals surface area contributed by atoms with Crippen LogP contribution in [-0.2, 0) is 15.9 Å². The highest BCUT2D eigenvalue weighted by molar-refractivity contribution is 7.90. The number of nitrogens with zero attached hydrogens (tertiary/aromatic N) is 3. The van der Waals surface area contributed by atoms with Gasteiger partial charge in [-0.2, -0.15) is 12.5 Å². The standard InChI is InChI=1S/C19H16ClF4N3O2S/c1-19(23,24)11-5-7-12(8-6-11)30(28,29)27-16-4-2-3-13(20)17(16)18(25-27)26-9-14(21)15(22)10-26/h2-8,14-15H,9-10H2,1H3/t14-,15-/m0/s1. The number of hydrogen-bond acceptors (Lipinski definition) is 4. The van der Waals surface area contributed by atoms with Crippen LogP contribution in [0.25, 0.3) is 10.9 Å². The van der Waals surface area contributed by atoms with E-state index in [1.165, 1.54) is 23.1 Å². The molecule has 11 heteroatoms. The Kier molecular flexibility index (Phi) is 4.97. The topological polar surface area (TPSA) is 55.2 Å². The summed E-state index contributed by atoms with van der Waals surface area (Å²) < 4.78 is 81.4. The molecule has 0 saturated carbocycles. The van der Waals surface area contributed by atoms with E-state index in [9.17, 15) is 26.0 Å². The van der Waals surface area contributed by atoms with Crippen LogP contribution in [0.1, 0.15) is 12.5 Å². The normalized spacial score (nSPS) is 20.3. The Hall–Kier alpha value is -2.33. The molecule has 1 aromatic heterocycles. The highest BCUT2D eigenvalue weighted by Gasteiger charge is 2.36. The van der Waals surface area contributed by atoms with Gasteiger partial charge in [0.2, 0.25) is 0 Å². The molecule has 0 unspecified atom stereocenters. The largest absolute Gasteiger partial charge is 0.348 e. The van der Waals surface area contributed by atoms with Gasteiger partial charge in [-0.1, -0.05) is 29.8 Å². The second-order valence-corrected chi connectivity index (χ2v) is 9.33. The molecule has 1 aliphatic heterocycles. The second-order valence-electron chi connectivity index (χ2n) is 7.16. The molecule has 2 heterocycles. The highest BCUT2D eigenvalue weighted by Crippen LogP contribution is 2.36. The van der Waals surface area contributed by atoms with E-state index in [4.69, 9.17) is 11.6 Å². The van der Waals surface area contributed by atoms with Gasteiger partial charge in [0.1, 0.15) is 0 Å². The molecule has 3 aromatic rings. The van der Waals surface area contributed by atoms with Gasteiger partial charge < -0.3 is 4.90 Å². The fourth-order valence-electron chi connectivity index (χ4n) is 3.40. The number of fused-ring (bicyclic) bond motifs is 1. The highest BCUT2D eigenvalue weighted by atomic mass is 35.5. The number of benzene rings is 2. The first kappa shape index (κ1) is 20.9. The molecule has 0 N–H and O–H groups in total. The van der Waals surface area contributed by atoms with Gasteiger partial charge in [0.15, 0.2) is 18.2 Å². The molecule has 0 radical (unpaired) electrons. The Morgan fingerprint density at radius 1 is 1.07 bits per heavy atom. The van der Waals surface area contributed by atoms with E-state index in [0.29, 0.717) is 11.0 Å². The zero-order valence-corrected chi connectivity index (χ0v) is 17.1. The quantitative estimate of drug-likeness (QED) is 0.535. The van der Waals surface area contributed by atoms with Gasteiger partial charge in [-0.05, 0) is 24.3 Å². The van der Waals surface area contributed by atoms with Crippen molar-refractivity contribution < 1.29 is 26.0 Å². The van der Waals surface area contributed by atoms with Gasteiger partial charge in [-0.15, -0.1) is 5.10 Å². The van der Waals surface area contributed by atoms with Crippen molar-refractivity contribution in [2.75, 3.05) is 18.0 Å². The van der Waals surface area contributed by atoms with Crippen LogP contribution in [0, 0.1) is 0 Å². The molecule has 5 nitrogen and oxygen atoms in total. The first-order valence-corrected chi connectivity index (χ1v) is 10.8. The lowest BCUT2D eigenvalue weighted by Crippen LogP contribution is -2.22. The average Bonchev–Trinajstić information content (AvgIpc) is 3.23. The molecular formula is C19H16ClF4N3O2S. The summed E-state index contributed by atoms with van der Waals surface area (Å²) in [5.74, 6) is -3.08. The molecule has 2 aromatic carbocycles. The lowest BCUT2D eigenvalue weighted by Gasteiger charge is -2.14. The number of aromatic nitrogens is 2. The van der Waals surface area contributed by atoms with Gasteiger partial charge in [0, 0.05) is 12.5 Å². The van der Waals surface area contributed by atoms with Crippen molar-refractivity contribution >= 4 is 38.3 Å². The predicted octanol–water partition coefficient (Wildman–Crippen LogP) is 4.53. The molecule has 1 saturated heterocycles. The minimum absolute atomic E-state index is 0.0405. The van der Waals surface area contributed by atoms with Crippen LogP contribution in [0.3, 0.4) is 0 Å². The number of anilines is 1. The van der Waals surface area contributed by atoms with E-state index in [1.807, 2.05) is 0 Å². The first-order chi connectivity index (χ1) is 14.0. The minimum atomic E-state index is -4.29. The Bertz CT molecular complexity index is 1200. The molecule has 1 fully saturated rings. The summed E-state index contributed by atoms with van der Waals surface area (Å²) in [6.07, 6.45) is -3.46. The molecule has 160 valence electrons. The first-order valence-electron chi connectivity index (χ1n) is 8.94. The van der Waals surface area contributed by atoms with Gasteiger partial charge in [0.25, 0.3) is 15.9 Å². The van der Waals surface area contributed by atoms with Crippen molar-refractivity contribution in [3.63, 3.8) is 0 Å². The van der Waals surface area contributed by atoms with Gasteiger partial charge in [-0.25, -0.2) is 17.6 Å². The number of halogens is 5. The zero-order valence-electron chi connectivity index (χ0n) is 15.6. The molecule has 2 atom stereocenters. The third-order valence-electron chi connectivity index (χ3n) is 4.98. The maximum Gasteiger partial charge on any atom is 0.283 e. The summed E-state index contributed by atoms with van der Waals surface area (Å²) in [5, 5.41) is 4.51. The van der Waals surface area contributed by atoms with Crippen LogP contribution in [0.4, 0.5) is 23.4 Å². The molecule has 0 bridgehead atoms. The lowest BCUT2D eigenvalue weighted by molar-refractivity contribution is 0.0174. The molecule has 0 aliphatic carbocycles. The van der Waals surface area contributed by atoms with Crippen LogP contribution in [-0.4, -0.2) is 43.0 Å². The van der Waals surface area contributed by atoms with Crippen molar-refractivity contribution in [1.29, 1.82) is 0 Å². The van der Waals surface area contributed by atoms with Crippen molar-refractivity contribution in [2.24, 2.45) is 0 Å². The number of rotatable bonds is 4. The monoisotopic (exact) mass is 461 g/mol. The number of hydrogen-bond donors (Lipinski definition) is 0. The average molecular weight is 462 g/mol. The Labute approximate surface area is 174 Å². The SMILES string of the molecule is CC(F)(F)c1ccc(S(=O)(=O)n2nc(N3C[C@H](F)[C@@H](F)C3)c3c(Cl)cccc32)cc1. The number of alkyl halides is 4. The summed E-state index contributed by atoms with van der Waals surface area (Å²) >= 11 is 6.25. The van der Waals surface area contributed by atoms with Crippen molar-refractivity contribution in [1.82, 2.24) is 9.19 Å². The molecular weight excluding hydrogens is 446 g/mol. The molecule has 1 aliphatic rings. The van der Waals surface area contributed by atoms with E-state index >= 15 is 0 Å². The lowest BCUT2D eigenvalue weighted by atomic mass is 10.1. The minimum Gasteiger partial charge on any atom is -0.348 e. The van der Waals surface area contributed by atoms with E-state index in [-0.39, 0.29) is 45.3 Å². The van der Waals surface area contributed by atoms with Crippen molar-refractivity contribution in [2.45, 2.75) is 30.1 Å². The maximum absolute atomic E-state index is 13.7. The van der Waals surface area contributed by atoms with E-state index in [0.717, 1.165) is 24.3 Å². The van der Waals surface area contributed by atoms with Crippen LogP contribution < -0.4 is 4.90 Å². The smallest absolute Gasteiger partial charge is 0.283 e. The molecule has 4 rings (SSSR count). The third-order valence-corrected chi connectivity index (χ3v) is 6.89. The molecule has 0 spiro atoms. The van der Waals surface area contributed by atoms with E-state index in [2.05, 4.69) is 5.10 Å². The Morgan fingerprint density at radius 2 is 1.67 bits per heavy atom. The third kappa shape index (κ3) is 3.41. The Morgan fingerprint density at radius 3 is 2.23 bits per heavy atom. The summed E-state index contributed by atoms with van der Waals surface area (Å²) in [5.41, 5.74) is -0.226. The van der Waals surface area contributed by atoms with Crippen LogP contribution in [0.15, 0.2) is 47.4 Å². The summed E-state index contributed by atoms with van der Waals surface area (Å²) in [6, 6.07) is 8.65. The Balaban J connectivity index is 1.86. The van der Waals surface area contributed by atoms with E-state index < -0.39 is 28.3 Å². The summed E-state index contributed by atoms with van der Waals surface area (Å²) in [6.45, 7) is 0.121. The van der Waals surface area contributed by atoms with Crippen LogP contribution >= 0.6 is 11.6 Å².